The molecular formula is C20H32O. The van der Waals surface area contributed by atoms with E-state index in [1.807, 2.05) is 0 Å². The molecule has 1 heteroatoms. The molecule has 0 bridgehead atoms. The molecule has 3 fully saturated rings. The Hall–Kier alpha value is -0.300. The Bertz CT molecular complexity index is 464. The smallest absolute Gasteiger partial charge is 0.0675 e. The van der Waals surface area contributed by atoms with Gasteiger partial charge in [0.1, 0.15) is 0 Å². The minimum absolute atomic E-state index is 0.182. The third-order valence-electron chi connectivity index (χ3n) is 8.77. The summed E-state index contributed by atoms with van der Waals surface area (Å²) in [4.78, 5) is 0. The molecule has 7 atom stereocenters. The lowest BCUT2D eigenvalue weighted by atomic mass is 9.45. The van der Waals surface area contributed by atoms with Crippen LogP contribution in [0.2, 0.25) is 0 Å². The van der Waals surface area contributed by atoms with Gasteiger partial charge in [0, 0.05) is 0 Å². The Morgan fingerprint density at radius 1 is 0.905 bits per heavy atom. The maximum Gasteiger partial charge on any atom is 0.0675 e. The molecule has 4 aliphatic carbocycles. The van der Waals surface area contributed by atoms with Crippen LogP contribution in [0.25, 0.3) is 0 Å². The molecule has 21 heavy (non-hydrogen) atoms. The van der Waals surface area contributed by atoms with Crippen LogP contribution in [0.15, 0.2) is 12.2 Å². The second-order valence-electron chi connectivity index (χ2n) is 9.34. The van der Waals surface area contributed by atoms with Crippen molar-refractivity contribution in [2.75, 3.05) is 0 Å². The minimum Gasteiger partial charge on any atom is -0.390 e. The standard InChI is InChI=1S/C20H32O/c1-18-11-5-4-6-14(18)7-8-15-16(18)9-12-19(2)17(15)10-13-20(19,3)21/h4-5,14-17,21H,6-13H2,1-3H3/t14-,15-,16+,17+,18+,19+,20+/m1/s1. The fourth-order valence-electron chi connectivity index (χ4n) is 7.08. The van der Waals surface area contributed by atoms with Gasteiger partial charge < -0.3 is 5.11 Å². The Morgan fingerprint density at radius 2 is 1.67 bits per heavy atom. The summed E-state index contributed by atoms with van der Waals surface area (Å²) in [7, 11) is 0. The Kier molecular flexibility index (Phi) is 2.98. The fraction of sp³-hybridized carbons (Fsp3) is 0.900. The molecule has 0 aromatic carbocycles. The van der Waals surface area contributed by atoms with E-state index in [9.17, 15) is 5.11 Å². The molecule has 0 saturated heterocycles. The molecule has 0 unspecified atom stereocenters. The lowest BCUT2D eigenvalue weighted by Gasteiger charge is -2.60. The van der Waals surface area contributed by atoms with Gasteiger partial charge in [0.25, 0.3) is 0 Å². The zero-order valence-electron chi connectivity index (χ0n) is 14.1. The van der Waals surface area contributed by atoms with Crippen molar-refractivity contribution in [1.29, 1.82) is 0 Å². The van der Waals surface area contributed by atoms with E-state index in [-0.39, 0.29) is 5.41 Å². The van der Waals surface area contributed by atoms with Crippen molar-refractivity contribution in [3.63, 3.8) is 0 Å². The predicted octanol–water partition coefficient (Wildman–Crippen LogP) is 4.95. The lowest BCUT2D eigenvalue weighted by molar-refractivity contribution is -0.138. The van der Waals surface area contributed by atoms with Crippen LogP contribution >= 0.6 is 0 Å². The third kappa shape index (κ3) is 1.73. The Morgan fingerprint density at radius 3 is 2.48 bits per heavy atom. The zero-order chi connectivity index (χ0) is 14.9. The summed E-state index contributed by atoms with van der Waals surface area (Å²) >= 11 is 0. The highest BCUT2D eigenvalue weighted by atomic mass is 16.3. The van der Waals surface area contributed by atoms with Gasteiger partial charge in [-0.1, -0.05) is 26.0 Å². The number of allylic oxidation sites excluding steroid dienone is 2. The predicted molar refractivity (Wildman–Crippen MR) is 86.9 cm³/mol. The Labute approximate surface area is 130 Å². The summed E-state index contributed by atoms with van der Waals surface area (Å²) in [6.45, 7) is 7.11. The van der Waals surface area contributed by atoms with Crippen LogP contribution < -0.4 is 0 Å². The first-order chi connectivity index (χ1) is 9.88. The van der Waals surface area contributed by atoms with Crippen molar-refractivity contribution in [2.45, 2.75) is 77.7 Å². The summed E-state index contributed by atoms with van der Waals surface area (Å²) in [5.74, 6) is 3.49. The molecule has 0 spiro atoms. The Balaban J connectivity index is 1.68. The number of hydrogen-bond acceptors (Lipinski definition) is 1. The van der Waals surface area contributed by atoms with E-state index in [0.717, 1.165) is 30.1 Å². The SMILES string of the molecule is C[C@]12CC=CC[C@@H]1CC[C@@H]1[C@@H]2CC[C@@]2(C)[C@H]1CC[C@]2(C)O. The molecule has 1 nitrogen and oxygen atoms in total. The van der Waals surface area contributed by atoms with E-state index in [1.165, 1.54) is 44.9 Å². The first-order valence-electron chi connectivity index (χ1n) is 9.26. The van der Waals surface area contributed by atoms with Crippen molar-refractivity contribution in [3.05, 3.63) is 12.2 Å². The summed E-state index contributed by atoms with van der Waals surface area (Å²) in [6.07, 6.45) is 15.3. The fourth-order valence-corrected chi connectivity index (χ4v) is 7.08. The highest BCUT2D eigenvalue weighted by Gasteiger charge is 2.62. The van der Waals surface area contributed by atoms with Gasteiger partial charge in [-0.15, -0.1) is 0 Å². The molecule has 0 heterocycles. The summed E-state index contributed by atoms with van der Waals surface area (Å²) < 4.78 is 0. The second kappa shape index (κ2) is 4.37. The molecular weight excluding hydrogens is 256 g/mol. The molecule has 0 aliphatic heterocycles. The van der Waals surface area contributed by atoms with Gasteiger partial charge in [-0.3, -0.25) is 0 Å². The topological polar surface area (TPSA) is 20.2 Å². The molecule has 0 amide bonds. The van der Waals surface area contributed by atoms with Gasteiger partial charge in [-0.2, -0.15) is 0 Å². The van der Waals surface area contributed by atoms with Gasteiger partial charge >= 0.3 is 0 Å². The normalized spacial score (nSPS) is 59.2. The van der Waals surface area contributed by atoms with E-state index < -0.39 is 5.60 Å². The van der Waals surface area contributed by atoms with Crippen LogP contribution in [0, 0.1) is 34.5 Å². The van der Waals surface area contributed by atoms with Gasteiger partial charge in [0.15, 0.2) is 0 Å². The number of hydrogen-bond donors (Lipinski definition) is 1. The van der Waals surface area contributed by atoms with Crippen molar-refractivity contribution < 1.29 is 5.11 Å². The van der Waals surface area contributed by atoms with Crippen molar-refractivity contribution in [3.8, 4) is 0 Å². The van der Waals surface area contributed by atoms with Gasteiger partial charge in [-0.05, 0) is 92.8 Å². The molecule has 1 N–H and O–H groups in total. The van der Waals surface area contributed by atoms with Gasteiger partial charge in [-0.25, -0.2) is 0 Å². The molecule has 0 radical (unpaired) electrons. The average molecular weight is 288 g/mol. The quantitative estimate of drug-likeness (QED) is 0.626. The molecule has 4 rings (SSSR count). The number of fused-ring (bicyclic) bond motifs is 5. The molecule has 4 aliphatic rings. The summed E-state index contributed by atoms with van der Waals surface area (Å²) in [6, 6.07) is 0. The minimum atomic E-state index is -0.424. The zero-order valence-corrected chi connectivity index (χ0v) is 14.1. The second-order valence-corrected chi connectivity index (χ2v) is 9.34. The van der Waals surface area contributed by atoms with Crippen LogP contribution in [-0.4, -0.2) is 10.7 Å². The molecule has 0 aromatic heterocycles. The first-order valence-corrected chi connectivity index (χ1v) is 9.26. The first kappa shape index (κ1) is 14.3. The maximum absolute atomic E-state index is 10.9. The van der Waals surface area contributed by atoms with Crippen molar-refractivity contribution in [2.24, 2.45) is 34.5 Å². The van der Waals surface area contributed by atoms with E-state index in [4.69, 9.17) is 0 Å². The molecule has 3 saturated carbocycles. The molecule has 0 aromatic rings. The number of rotatable bonds is 0. The van der Waals surface area contributed by atoms with Gasteiger partial charge in [0.2, 0.25) is 0 Å². The largest absolute Gasteiger partial charge is 0.390 e. The highest BCUT2D eigenvalue weighted by molar-refractivity contribution is 5.14. The number of aliphatic hydroxyl groups is 1. The maximum atomic E-state index is 10.9. The van der Waals surface area contributed by atoms with E-state index in [1.54, 1.807) is 0 Å². The third-order valence-corrected chi connectivity index (χ3v) is 8.77. The summed E-state index contributed by atoms with van der Waals surface area (Å²) in [5.41, 5.74) is 0.308. The van der Waals surface area contributed by atoms with E-state index >= 15 is 0 Å². The highest BCUT2D eigenvalue weighted by Crippen LogP contribution is 2.67. The monoisotopic (exact) mass is 288 g/mol. The van der Waals surface area contributed by atoms with Crippen LogP contribution in [0.1, 0.15) is 72.1 Å². The van der Waals surface area contributed by atoms with Crippen LogP contribution in [0.4, 0.5) is 0 Å². The van der Waals surface area contributed by atoms with Crippen LogP contribution in [0.5, 0.6) is 0 Å². The summed E-state index contributed by atoms with van der Waals surface area (Å²) in [5, 5.41) is 10.9. The van der Waals surface area contributed by atoms with E-state index in [0.29, 0.717) is 5.41 Å². The average Bonchev–Trinajstić information content (AvgIpc) is 2.69. The van der Waals surface area contributed by atoms with E-state index in [2.05, 4.69) is 32.9 Å². The van der Waals surface area contributed by atoms with Crippen molar-refractivity contribution in [1.82, 2.24) is 0 Å². The lowest BCUT2D eigenvalue weighted by Crippen LogP contribution is -2.55. The molecule has 118 valence electrons. The van der Waals surface area contributed by atoms with Crippen LogP contribution in [0.3, 0.4) is 0 Å². The van der Waals surface area contributed by atoms with Gasteiger partial charge in [0.05, 0.1) is 5.60 Å². The van der Waals surface area contributed by atoms with Crippen LogP contribution in [-0.2, 0) is 0 Å². The van der Waals surface area contributed by atoms with Crippen molar-refractivity contribution >= 4 is 0 Å².